The quantitative estimate of drug-likeness (QED) is 0.128. The Kier molecular flexibility index (Phi) is 18.5. The molecule has 0 aromatic rings. The van der Waals surface area contributed by atoms with Gasteiger partial charge in [0.2, 0.25) is 0 Å². The van der Waals surface area contributed by atoms with Gasteiger partial charge >= 0.3 is 24.1 Å². The van der Waals surface area contributed by atoms with E-state index < -0.39 is 60.3 Å². The molecule has 2 aliphatic rings. The smallest absolute Gasteiger partial charge is 0.410 e. The fraction of sp³-hybridized carbons (Fsp3) is 0.404. The highest BCUT2D eigenvalue weighted by Gasteiger charge is 2.41. The van der Waals surface area contributed by atoms with E-state index in [-0.39, 0.29) is 24.4 Å². The molecule has 2 rings (SSSR count). The summed E-state index contributed by atoms with van der Waals surface area (Å²) in [4.78, 5) is 72.9. The van der Waals surface area contributed by atoms with Crippen LogP contribution < -0.4 is 5.32 Å². The van der Waals surface area contributed by atoms with Gasteiger partial charge in [0.05, 0.1) is 0 Å². The number of hydrogen-bond acceptors (Lipinski definition) is 8. The molecular weight excluding hydrogens is 753 g/mol. The lowest BCUT2D eigenvalue weighted by Gasteiger charge is -2.36. The summed E-state index contributed by atoms with van der Waals surface area (Å²) in [5, 5.41) is 19.8. The molecule has 0 aromatic carbocycles. The summed E-state index contributed by atoms with van der Waals surface area (Å²) in [7, 11) is 1.31. The van der Waals surface area contributed by atoms with Gasteiger partial charge in [0.15, 0.2) is 23.8 Å². The molecule has 0 saturated heterocycles. The van der Waals surface area contributed by atoms with E-state index >= 15 is 0 Å². The predicted molar refractivity (Wildman–Crippen MR) is 229 cm³/mol. The summed E-state index contributed by atoms with van der Waals surface area (Å²) >= 11 is 0. The average Bonchev–Trinajstić information content (AvgIpc) is 3.12. The summed E-state index contributed by atoms with van der Waals surface area (Å²) in [5.74, 6) is -2.97. The van der Waals surface area contributed by atoms with Crippen molar-refractivity contribution in [2.75, 3.05) is 20.1 Å². The number of carboxylic acid groups (broad SMARTS) is 2. The van der Waals surface area contributed by atoms with Crippen LogP contribution in [0.25, 0.3) is 0 Å². The van der Waals surface area contributed by atoms with Crippen molar-refractivity contribution in [3.8, 4) is 0 Å². The number of carbonyl (C=O) groups excluding carboxylic acids is 4. The zero-order valence-corrected chi connectivity index (χ0v) is 36.2. The first-order chi connectivity index (χ1) is 27.4. The van der Waals surface area contributed by atoms with Crippen LogP contribution in [-0.2, 0) is 28.7 Å². The van der Waals surface area contributed by atoms with Crippen LogP contribution in [0.15, 0.2) is 130 Å². The molecule has 12 nitrogen and oxygen atoms in total. The molecule has 59 heavy (non-hydrogen) atoms. The first-order valence-corrected chi connectivity index (χ1v) is 19.3. The minimum absolute atomic E-state index is 0.275. The number of ketones is 2. The van der Waals surface area contributed by atoms with Crippen LogP contribution in [0.3, 0.4) is 0 Å². The van der Waals surface area contributed by atoms with Crippen LogP contribution in [0.2, 0.25) is 0 Å². The molecule has 12 heteroatoms. The number of allylic oxidation sites excluding steroid dienone is 20. The molecule has 0 saturated carbocycles. The maximum atomic E-state index is 13.1. The van der Waals surface area contributed by atoms with Gasteiger partial charge in [-0.2, -0.15) is 0 Å². The predicted octanol–water partition coefficient (Wildman–Crippen LogP) is 8.88. The first kappa shape index (κ1) is 49.1. The Labute approximate surface area is 348 Å². The Morgan fingerprint density at radius 1 is 0.661 bits per heavy atom. The summed E-state index contributed by atoms with van der Waals surface area (Å²) in [5.41, 5.74) is 5.84. The number of ether oxygens (including phenoxy) is 2. The molecule has 0 spiro atoms. The summed E-state index contributed by atoms with van der Waals surface area (Å²) in [6, 6.07) is 0. The Hall–Kier alpha value is -6.04. The third-order valence-electron chi connectivity index (χ3n) is 9.83. The third-order valence-corrected chi connectivity index (χ3v) is 9.83. The molecule has 3 N–H and O–H groups in total. The lowest BCUT2D eigenvalue weighted by atomic mass is 9.71. The van der Waals surface area contributed by atoms with Gasteiger partial charge in [0, 0.05) is 19.9 Å². The molecule has 0 radical (unpaired) electrons. The van der Waals surface area contributed by atoms with Crippen LogP contribution in [0.4, 0.5) is 9.59 Å². The molecule has 0 heterocycles. The maximum absolute atomic E-state index is 13.1. The average molecular weight is 813 g/mol. The highest BCUT2D eigenvalue weighted by atomic mass is 16.6. The molecule has 0 aliphatic heterocycles. The first-order valence-electron chi connectivity index (χ1n) is 19.3. The lowest BCUT2D eigenvalue weighted by Crippen LogP contribution is -2.42. The SMILES string of the molecule is CC1=C(/C=C/C(C)=C/C=C/C(C)=C/C=C/C=C(C)/C=C/C=C(C)/C=C/C2=C(C)C(=O)C(OC(=O)N(C)CC(=O)O)CC2(C)C)C(C)(C)CC(OC(=O)NCC(=O)O)C1=O. The molecule has 318 valence electrons. The van der Waals surface area contributed by atoms with Crippen LogP contribution in [0.1, 0.15) is 82.1 Å². The summed E-state index contributed by atoms with van der Waals surface area (Å²) in [6.45, 7) is 18.2. The second kappa shape index (κ2) is 22.2. The highest BCUT2D eigenvalue weighted by molar-refractivity contribution is 6.02. The van der Waals surface area contributed by atoms with Crippen molar-refractivity contribution >= 4 is 35.7 Å². The van der Waals surface area contributed by atoms with Gasteiger partial charge in [-0.25, -0.2) is 9.59 Å². The number of amides is 2. The molecular formula is C47H60N2O10. The molecule has 2 atom stereocenters. The van der Waals surface area contributed by atoms with E-state index in [1.165, 1.54) is 7.05 Å². The van der Waals surface area contributed by atoms with Crippen molar-refractivity contribution in [2.24, 2.45) is 10.8 Å². The number of nitrogens with zero attached hydrogens (tertiary/aromatic N) is 1. The second-order valence-electron chi connectivity index (χ2n) is 16.2. The number of rotatable bonds is 16. The van der Waals surface area contributed by atoms with Crippen molar-refractivity contribution < 1.29 is 48.5 Å². The van der Waals surface area contributed by atoms with Gasteiger partial charge in [0.1, 0.15) is 13.1 Å². The maximum Gasteiger partial charge on any atom is 0.410 e. The number of alkyl carbamates (subject to hydrolysis) is 1. The van der Waals surface area contributed by atoms with Crippen LogP contribution >= 0.6 is 0 Å². The van der Waals surface area contributed by atoms with E-state index in [4.69, 9.17) is 19.7 Å². The Bertz CT molecular complexity index is 2010. The summed E-state index contributed by atoms with van der Waals surface area (Å²) in [6.07, 6.45) is 24.3. The van der Waals surface area contributed by atoms with Gasteiger partial charge in [-0.3, -0.25) is 19.2 Å². The van der Waals surface area contributed by atoms with Crippen LogP contribution in [0, 0.1) is 10.8 Å². The van der Waals surface area contributed by atoms with E-state index in [0.717, 1.165) is 38.3 Å². The van der Waals surface area contributed by atoms with E-state index in [9.17, 15) is 28.8 Å². The van der Waals surface area contributed by atoms with E-state index in [1.807, 2.05) is 140 Å². The van der Waals surface area contributed by atoms with Crippen molar-refractivity contribution in [1.29, 1.82) is 0 Å². The lowest BCUT2D eigenvalue weighted by molar-refractivity contribution is -0.138. The van der Waals surface area contributed by atoms with Crippen molar-refractivity contribution in [3.05, 3.63) is 130 Å². The summed E-state index contributed by atoms with van der Waals surface area (Å²) < 4.78 is 10.6. The number of hydrogen-bond donors (Lipinski definition) is 3. The Balaban J connectivity index is 1.98. The second-order valence-corrected chi connectivity index (χ2v) is 16.2. The molecule has 2 amide bonds. The minimum Gasteiger partial charge on any atom is -0.480 e. The molecule has 0 bridgehead atoms. The van der Waals surface area contributed by atoms with Gasteiger partial charge < -0.3 is 29.9 Å². The number of nitrogens with one attached hydrogen (secondary N) is 1. The van der Waals surface area contributed by atoms with Gasteiger partial charge in [-0.1, -0.05) is 135 Å². The van der Waals surface area contributed by atoms with Crippen molar-refractivity contribution in [1.82, 2.24) is 10.2 Å². The van der Waals surface area contributed by atoms with E-state index in [1.54, 1.807) is 13.8 Å². The number of carboxylic acids is 2. The van der Waals surface area contributed by atoms with E-state index in [0.29, 0.717) is 11.1 Å². The molecule has 0 fully saturated rings. The minimum atomic E-state index is -1.21. The molecule has 0 aromatic heterocycles. The Morgan fingerprint density at radius 3 is 1.46 bits per heavy atom. The monoisotopic (exact) mass is 812 g/mol. The number of carbonyl (C=O) groups is 6. The van der Waals surface area contributed by atoms with Gasteiger partial charge in [-0.15, -0.1) is 0 Å². The van der Waals surface area contributed by atoms with Gasteiger partial charge in [0.25, 0.3) is 0 Å². The molecule has 2 aliphatic carbocycles. The number of aliphatic carboxylic acids is 2. The van der Waals surface area contributed by atoms with Gasteiger partial charge in [-0.05, 0) is 74.7 Å². The largest absolute Gasteiger partial charge is 0.480 e. The zero-order valence-electron chi connectivity index (χ0n) is 36.2. The fourth-order valence-corrected chi connectivity index (χ4v) is 6.55. The third kappa shape index (κ3) is 16.0. The Morgan fingerprint density at radius 2 is 1.05 bits per heavy atom. The van der Waals surface area contributed by atoms with E-state index in [2.05, 4.69) is 5.32 Å². The standard InChI is InChI=1S/C47H60N2O10/c1-30(18-14-20-32(3)22-24-36-34(5)42(54)38(26-46(36,7)8)58-44(56)48-28-40(50)51)16-12-13-17-31(2)19-15-21-33(4)23-25-37-35(6)43(55)39(27-47(37,9)10)59-45(57)49(11)29-41(52)53/h12-25,38-39H,26-29H2,1-11H3,(H,48,56)(H,50,51)(H,52,53)/b13-12+,18-14+,19-15+,24-22+,25-23+,30-16+,31-17+,32-20+,33-21+. The topological polar surface area (TPSA) is 177 Å². The van der Waals surface area contributed by atoms with Crippen LogP contribution in [-0.4, -0.2) is 83.1 Å². The normalized spacial score (nSPS) is 20.8. The highest BCUT2D eigenvalue weighted by Crippen LogP contribution is 2.42. The molecule has 2 unspecified atom stereocenters. The fourth-order valence-electron chi connectivity index (χ4n) is 6.55. The van der Waals surface area contributed by atoms with Crippen LogP contribution in [0.5, 0.6) is 0 Å². The van der Waals surface area contributed by atoms with Crippen molar-refractivity contribution in [3.63, 3.8) is 0 Å². The van der Waals surface area contributed by atoms with Crippen molar-refractivity contribution in [2.45, 2.75) is 94.3 Å². The number of likely N-dealkylation sites (N-methyl/N-ethyl adjacent to an activating group) is 1. The zero-order chi connectivity index (χ0) is 44.7. The number of Topliss-reactive ketones (excluding diaryl/α,β-unsaturated/α-hetero) is 2.